The lowest BCUT2D eigenvalue weighted by Crippen LogP contribution is -2.26. The van der Waals surface area contributed by atoms with Crippen molar-refractivity contribution in [2.75, 3.05) is 19.7 Å². The summed E-state index contributed by atoms with van der Waals surface area (Å²) in [7, 11) is 0. The first kappa shape index (κ1) is 13.9. The Bertz CT molecular complexity index is 431. The van der Waals surface area contributed by atoms with Gasteiger partial charge in [-0.2, -0.15) is 0 Å². The van der Waals surface area contributed by atoms with Gasteiger partial charge in [-0.3, -0.25) is 0 Å². The molecule has 0 radical (unpaired) electrons. The van der Waals surface area contributed by atoms with Gasteiger partial charge in [0.1, 0.15) is 5.75 Å². The van der Waals surface area contributed by atoms with Crippen molar-refractivity contribution in [3.8, 4) is 5.75 Å². The second-order valence-electron chi connectivity index (χ2n) is 6.44. The first-order valence-electron chi connectivity index (χ1n) is 8.31. The van der Waals surface area contributed by atoms with Crippen LogP contribution in [0, 0.1) is 11.8 Å². The molecule has 1 saturated carbocycles. The van der Waals surface area contributed by atoms with E-state index in [0.717, 1.165) is 24.2 Å². The van der Waals surface area contributed by atoms with Crippen molar-refractivity contribution >= 4 is 0 Å². The van der Waals surface area contributed by atoms with E-state index in [1.165, 1.54) is 50.8 Å². The maximum Gasteiger partial charge on any atom is 0.122 e. The van der Waals surface area contributed by atoms with Crippen LogP contribution in [0.3, 0.4) is 0 Å². The largest absolute Gasteiger partial charge is 0.493 e. The molecule has 110 valence electrons. The predicted molar refractivity (Wildman–Crippen MR) is 83.3 cm³/mol. The highest BCUT2D eigenvalue weighted by atomic mass is 16.5. The lowest BCUT2D eigenvalue weighted by Gasteiger charge is -2.22. The predicted octanol–water partition coefficient (Wildman–Crippen LogP) is 3.97. The van der Waals surface area contributed by atoms with E-state index < -0.39 is 0 Å². The standard InChI is InChI=1S/C18H27NO/c1-2-10-19-12-15-7-5-6-14(15)11-16-13-20-18-9-4-3-8-17(16)18/h3-4,8-9,14-16,19H,2,5-7,10-13H2,1H3. The van der Waals surface area contributed by atoms with Crippen molar-refractivity contribution in [2.24, 2.45) is 11.8 Å². The maximum absolute atomic E-state index is 5.84. The first-order chi connectivity index (χ1) is 9.88. The Hall–Kier alpha value is -1.02. The van der Waals surface area contributed by atoms with Crippen LogP contribution in [0.5, 0.6) is 5.75 Å². The van der Waals surface area contributed by atoms with Crippen molar-refractivity contribution in [1.29, 1.82) is 0 Å². The molecule has 3 atom stereocenters. The summed E-state index contributed by atoms with van der Waals surface area (Å²) in [5.74, 6) is 3.52. The van der Waals surface area contributed by atoms with Crippen molar-refractivity contribution in [3.63, 3.8) is 0 Å². The normalized spacial score (nSPS) is 28.4. The van der Waals surface area contributed by atoms with Crippen LogP contribution in [0.4, 0.5) is 0 Å². The molecule has 2 heteroatoms. The van der Waals surface area contributed by atoms with E-state index in [1.807, 2.05) is 0 Å². The van der Waals surface area contributed by atoms with Crippen molar-refractivity contribution < 1.29 is 4.74 Å². The highest BCUT2D eigenvalue weighted by molar-refractivity contribution is 5.39. The molecule has 20 heavy (non-hydrogen) atoms. The molecule has 1 aromatic carbocycles. The Morgan fingerprint density at radius 2 is 2.05 bits per heavy atom. The van der Waals surface area contributed by atoms with E-state index >= 15 is 0 Å². The number of hydrogen-bond acceptors (Lipinski definition) is 2. The summed E-state index contributed by atoms with van der Waals surface area (Å²) >= 11 is 0. The van der Waals surface area contributed by atoms with Crippen LogP contribution in [0.25, 0.3) is 0 Å². The summed E-state index contributed by atoms with van der Waals surface area (Å²) in [6, 6.07) is 8.60. The van der Waals surface area contributed by atoms with Gasteiger partial charge in [0.15, 0.2) is 0 Å². The van der Waals surface area contributed by atoms with Gasteiger partial charge in [0.05, 0.1) is 6.61 Å². The zero-order valence-corrected chi connectivity index (χ0v) is 12.6. The molecular formula is C18H27NO. The van der Waals surface area contributed by atoms with Gasteiger partial charge in [-0.25, -0.2) is 0 Å². The lowest BCUT2D eigenvalue weighted by atomic mass is 9.84. The number of benzene rings is 1. The second kappa shape index (κ2) is 6.62. The summed E-state index contributed by atoms with van der Waals surface area (Å²) < 4.78 is 5.84. The van der Waals surface area contributed by atoms with E-state index in [1.54, 1.807) is 0 Å². The number of ether oxygens (including phenoxy) is 1. The topological polar surface area (TPSA) is 21.3 Å². The van der Waals surface area contributed by atoms with Gasteiger partial charge in [-0.15, -0.1) is 0 Å². The van der Waals surface area contributed by atoms with Crippen LogP contribution in [-0.2, 0) is 0 Å². The molecule has 1 aromatic rings. The molecule has 0 amide bonds. The number of hydrogen-bond donors (Lipinski definition) is 1. The monoisotopic (exact) mass is 273 g/mol. The van der Waals surface area contributed by atoms with Gasteiger partial charge in [-0.1, -0.05) is 38.0 Å². The quantitative estimate of drug-likeness (QED) is 0.792. The summed E-state index contributed by atoms with van der Waals surface area (Å²) in [5.41, 5.74) is 1.44. The average molecular weight is 273 g/mol. The molecule has 2 aliphatic rings. The van der Waals surface area contributed by atoms with Gasteiger partial charge >= 0.3 is 0 Å². The molecule has 0 saturated heterocycles. The van der Waals surface area contributed by atoms with Gasteiger partial charge in [-0.05, 0) is 50.3 Å². The van der Waals surface area contributed by atoms with Crippen LogP contribution in [0.2, 0.25) is 0 Å². The molecule has 1 fully saturated rings. The van der Waals surface area contributed by atoms with Crippen molar-refractivity contribution in [1.82, 2.24) is 5.32 Å². The van der Waals surface area contributed by atoms with E-state index in [0.29, 0.717) is 5.92 Å². The number of fused-ring (bicyclic) bond motifs is 1. The Morgan fingerprint density at radius 3 is 2.95 bits per heavy atom. The summed E-state index contributed by atoms with van der Waals surface area (Å²) in [5, 5.41) is 3.62. The zero-order valence-electron chi connectivity index (χ0n) is 12.6. The minimum atomic E-state index is 0.628. The third kappa shape index (κ3) is 3.01. The third-order valence-electron chi connectivity index (χ3n) is 5.04. The first-order valence-corrected chi connectivity index (χ1v) is 8.31. The van der Waals surface area contributed by atoms with Gasteiger partial charge in [0.25, 0.3) is 0 Å². The molecule has 1 heterocycles. The number of para-hydroxylation sites is 1. The molecule has 0 bridgehead atoms. The fraction of sp³-hybridized carbons (Fsp3) is 0.667. The lowest BCUT2D eigenvalue weighted by molar-refractivity contribution is 0.278. The summed E-state index contributed by atoms with van der Waals surface area (Å²) in [6.07, 6.45) is 6.79. The zero-order chi connectivity index (χ0) is 13.8. The van der Waals surface area contributed by atoms with Crippen LogP contribution in [0.15, 0.2) is 24.3 Å². The molecule has 1 aliphatic heterocycles. The number of rotatable bonds is 6. The summed E-state index contributed by atoms with van der Waals surface area (Å²) in [6.45, 7) is 5.52. The molecule has 1 N–H and O–H groups in total. The Kier molecular flexibility index (Phi) is 4.62. The van der Waals surface area contributed by atoms with Crippen LogP contribution in [0.1, 0.15) is 50.5 Å². The Balaban J connectivity index is 1.57. The summed E-state index contributed by atoms with van der Waals surface area (Å²) in [4.78, 5) is 0. The van der Waals surface area contributed by atoms with Crippen molar-refractivity contribution in [3.05, 3.63) is 29.8 Å². The second-order valence-corrected chi connectivity index (χ2v) is 6.44. The molecule has 3 rings (SSSR count). The highest BCUT2D eigenvalue weighted by Crippen LogP contribution is 2.42. The van der Waals surface area contributed by atoms with E-state index in [9.17, 15) is 0 Å². The Morgan fingerprint density at radius 1 is 1.20 bits per heavy atom. The van der Waals surface area contributed by atoms with Gasteiger partial charge in [0.2, 0.25) is 0 Å². The van der Waals surface area contributed by atoms with E-state index in [2.05, 4.69) is 36.5 Å². The third-order valence-corrected chi connectivity index (χ3v) is 5.04. The van der Waals surface area contributed by atoms with Crippen molar-refractivity contribution in [2.45, 2.75) is 44.9 Å². The minimum absolute atomic E-state index is 0.628. The smallest absolute Gasteiger partial charge is 0.122 e. The van der Waals surface area contributed by atoms with Crippen LogP contribution < -0.4 is 10.1 Å². The highest BCUT2D eigenvalue weighted by Gasteiger charge is 2.32. The molecule has 3 unspecified atom stereocenters. The van der Waals surface area contributed by atoms with Crippen LogP contribution in [-0.4, -0.2) is 19.7 Å². The average Bonchev–Trinajstić information content (AvgIpc) is 3.08. The SMILES string of the molecule is CCCNCC1CCCC1CC1COc2ccccc21. The van der Waals surface area contributed by atoms with E-state index in [-0.39, 0.29) is 0 Å². The fourth-order valence-electron chi connectivity index (χ4n) is 3.95. The maximum atomic E-state index is 5.84. The van der Waals surface area contributed by atoms with Crippen LogP contribution >= 0.6 is 0 Å². The molecule has 1 aliphatic carbocycles. The van der Waals surface area contributed by atoms with Gasteiger partial charge < -0.3 is 10.1 Å². The number of nitrogens with one attached hydrogen (secondary N) is 1. The molecule has 2 nitrogen and oxygen atoms in total. The fourth-order valence-corrected chi connectivity index (χ4v) is 3.95. The van der Waals surface area contributed by atoms with E-state index in [4.69, 9.17) is 4.74 Å². The van der Waals surface area contributed by atoms with Gasteiger partial charge in [0, 0.05) is 11.5 Å². The Labute approximate surface area is 122 Å². The molecule has 0 aromatic heterocycles. The molecule has 0 spiro atoms. The molecular weight excluding hydrogens is 246 g/mol. The minimum Gasteiger partial charge on any atom is -0.493 e.